The summed E-state index contributed by atoms with van der Waals surface area (Å²) in [5.74, 6) is 1.13. The number of fused-ring (bicyclic) bond motifs is 1. The Morgan fingerprint density at radius 2 is 1.96 bits per heavy atom. The van der Waals surface area contributed by atoms with E-state index in [4.69, 9.17) is 11.6 Å². The first-order valence-corrected chi connectivity index (χ1v) is 9.53. The van der Waals surface area contributed by atoms with Gasteiger partial charge < -0.3 is 9.80 Å². The van der Waals surface area contributed by atoms with Crippen LogP contribution in [0, 0.1) is 5.92 Å². The van der Waals surface area contributed by atoms with E-state index in [1.54, 1.807) is 23.7 Å². The minimum atomic E-state index is 0.119. The van der Waals surface area contributed by atoms with E-state index in [1.165, 1.54) is 10.4 Å². The van der Waals surface area contributed by atoms with Crippen molar-refractivity contribution < 1.29 is 4.79 Å². The highest BCUT2D eigenvalue weighted by Gasteiger charge is 2.31. The summed E-state index contributed by atoms with van der Waals surface area (Å²) in [6.45, 7) is 3.26. The highest BCUT2D eigenvalue weighted by atomic mass is 35.5. The van der Waals surface area contributed by atoms with E-state index in [9.17, 15) is 4.79 Å². The second-order valence-corrected chi connectivity index (χ2v) is 7.78. The van der Waals surface area contributed by atoms with Gasteiger partial charge in [0.25, 0.3) is 0 Å². The largest absolute Gasteiger partial charge is 0.341 e. The number of aromatic nitrogens is 2. The van der Waals surface area contributed by atoms with Crippen LogP contribution in [-0.4, -0.2) is 40.4 Å². The molecule has 0 N–H and O–H groups in total. The number of rotatable bonds is 2. The van der Waals surface area contributed by atoms with Gasteiger partial charge in [0.2, 0.25) is 11.9 Å². The molecule has 1 fully saturated rings. The number of nitrogens with zero attached hydrogens (tertiary/aromatic N) is 4. The fourth-order valence-electron chi connectivity index (χ4n) is 3.49. The van der Waals surface area contributed by atoms with Gasteiger partial charge in [0.05, 0.1) is 17.4 Å². The van der Waals surface area contributed by atoms with Gasteiger partial charge in [-0.3, -0.25) is 4.79 Å². The quantitative estimate of drug-likeness (QED) is 0.824. The zero-order valence-corrected chi connectivity index (χ0v) is 14.9. The van der Waals surface area contributed by atoms with E-state index in [0.717, 1.165) is 45.4 Å². The first-order valence-electron chi connectivity index (χ1n) is 8.27. The molecule has 2 aromatic heterocycles. The van der Waals surface area contributed by atoms with Gasteiger partial charge in [0.15, 0.2) is 0 Å². The fourth-order valence-corrected chi connectivity index (χ4v) is 4.48. The standard InChI is InChI=1S/C17H19ClN4OS/c18-14-9-19-17(20-10-14)21-5-1-12(2-6-21)16(23)22-7-3-15-13(11-22)4-8-24-15/h4,8-10,12H,1-3,5-7,11H2. The summed E-state index contributed by atoms with van der Waals surface area (Å²) in [5.41, 5.74) is 1.33. The number of carbonyl (C=O) groups is 1. The fraction of sp³-hybridized carbons (Fsp3) is 0.471. The Kier molecular flexibility index (Phi) is 4.41. The molecule has 24 heavy (non-hydrogen) atoms. The summed E-state index contributed by atoms with van der Waals surface area (Å²) in [7, 11) is 0. The monoisotopic (exact) mass is 362 g/mol. The van der Waals surface area contributed by atoms with Crippen molar-refractivity contribution in [2.75, 3.05) is 24.5 Å². The molecule has 1 amide bonds. The van der Waals surface area contributed by atoms with Crippen LogP contribution in [0.25, 0.3) is 0 Å². The van der Waals surface area contributed by atoms with Crippen molar-refractivity contribution in [3.05, 3.63) is 39.3 Å². The van der Waals surface area contributed by atoms with Gasteiger partial charge in [-0.1, -0.05) is 11.6 Å². The van der Waals surface area contributed by atoms with E-state index in [0.29, 0.717) is 16.9 Å². The lowest BCUT2D eigenvalue weighted by atomic mass is 9.94. The van der Waals surface area contributed by atoms with Crippen molar-refractivity contribution in [1.29, 1.82) is 0 Å². The van der Waals surface area contributed by atoms with Crippen LogP contribution in [0.2, 0.25) is 5.02 Å². The summed E-state index contributed by atoms with van der Waals surface area (Å²) in [6, 6.07) is 2.15. The van der Waals surface area contributed by atoms with Gasteiger partial charge in [-0.15, -0.1) is 11.3 Å². The number of amides is 1. The molecule has 0 aliphatic carbocycles. The zero-order chi connectivity index (χ0) is 16.5. The topological polar surface area (TPSA) is 49.3 Å². The molecule has 126 valence electrons. The average Bonchev–Trinajstić information content (AvgIpc) is 3.09. The van der Waals surface area contributed by atoms with Crippen LogP contribution in [0.4, 0.5) is 5.95 Å². The van der Waals surface area contributed by atoms with E-state index in [2.05, 4.69) is 26.3 Å². The molecular formula is C17H19ClN4OS. The van der Waals surface area contributed by atoms with E-state index in [1.807, 2.05) is 4.90 Å². The van der Waals surface area contributed by atoms with Gasteiger partial charge in [-0.25, -0.2) is 9.97 Å². The van der Waals surface area contributed by atoms with Crippen LogP contribution in [0.3, 0.4) is 0 Å². The summed E-state index contributed by atoms with van der Waals surface area (Å²) >= 11 is 7.64. The second kappa shape index (κ2) is 6.69. The molecule has 0 radical (unpaired) electrons. The molecule has 0 spiro atoms. The molecule has 0 aromatic carbocycles. The van der Waals surface area contributed by atoms with E-state index < -0.39 is 0 Å². The van der Waals surface area contributed by atoms with E-state index in [-0.39, 0.29) is 5.92 Å². The van der Waals surface area contributed by atoms with Crippen molar-refractivity contribution in [3.8, 4) is 0 Å². The third kappa shape index (κ3) is 3.13. The van der Waals surface area contributed by atoms with Gasteiger partial charge in [0.1, 0.15) is 0 Å². The molecule has 4 rings (SSSR count). The van der Waals surface area contributed by atoms with Crippen molar-refractivity contribution in [1.82, 2.24) is 14.9 Å². The molecule has 0 atom stereocenters. The van der Waals surface area contributed by atoms with Crippen molar-refractivity contribution in [3.63, 3.8) is 0 Å². The Labute approximate surface area is 150 Å². The molecule has 0 saturated carbocycles. The Hall–Kier alpha value is -1.66. The molecule has 7 heteroatoms. The molecule has 2 aliphatic heterocycles. The SMILES string of the molecule is O=C(C1CCN(c2ncc(Cl)cn2)CC1)N1CCc2sccc2C1. The summed E-state index contributed by atoms with van der Waals surface area (Å²) < 4.78 is 0. The Bertz CT molecular complexity index is 724. The minimum Gasteiger partial charge on any atom is -0.341 e. The van der Waals surface area contributed by atoms with Crippen molar-refractivity contribution >= 4 is 34.8 Å². The summed E-state index contributed by atoms with van der Waals surface area (Å²) in [6.07, 6.45) is 5.95. The lowest BCUT2D eigenvalue weighted by Gasteiger charge is -2.35. The molecule has 5 nitrogen and oxygen atoms in total. The number of thiophene rings is 1. The zero-order valence-electron chi connectivity index (χ0n) is 13.3. The molecule has 4 heterocycles. The van der Waals surface area contributed by atoms with Crippen LogP contribution >= 0.6 is 22.9 Å². The van der Waals surface area contributed by atoms with Gasteiger partial charge in [0, 0.05) is 37.0 Å². The Balaban J connectivity index is 1.36. The van der Waals surface area contributed by atoms with E-state index >= 15 is 0 Å². The van der Waals surface area contributed by atoms with Gasteiger partial charge >= 0.3 is 0 Å². The molecule has 2 aromatic rings. The summed E-state index contributed by atoms with van der Waals surface area (Å²) in [4.78, 5) is 27.0. The van der Waals surface area contributed by atoms with Crippen molar-refractivity contribution in [2.45, 2.75) is 25.8 Å². The number of anilines is 1. The van der Waals surface area contributed by atoms with Crippen molar-refractivity contribution in [2.24, 2.45) is 5.92 Å². The number of hydrogen-bond donors (Lipinski definition) is 0. The summed E-state index contributed by atoms with van der Waals surface area (Å²) in [5, 5.41) is 2.67. The predicted octanol–water partition coefficient (Wildman–Crippen LogP) is 2.99. The van der Waals surface area contributed by atoms with Crippen LogP contribution in [0.1, 0.15) is 23.3 Å². The van der Waals surface area contributed by atoms with Crippen LogP contribution in [0.15, 0.2) is 23.8 Å². The highest BCUT2D eigenvalue weighted by molar-refractivity contribution is 7.10. The Morgan fingerprint density at radius 3 is 2.71 bits per heavy atom. The highest BCUT2D eigenvalue weighted by Crippen LogP contribution is 2.28. The van der Waals surface area contributed by atoms with Crippen LogP contribution in [0.5, 0.6) is 0 Å². The molecule has 0 bridgehead atoms. The number of carbonyl (C=O) groups excluding carboxylic acids is 1. The number of halogens is 1. The second-order valence-electron chi connectivity index (χ2n) is 6.34. The Morgan fingerprint density at radius 1 is 1.21 bits per heavy atom. The molecule has 2 aliphatic rings. The van der Waals surface area contributed by atoms with Crippen LogP contribution in [-0.2, 0) is 17.8 Å². The predicted molar refractivity (Wildman–Crippen MR) is 95.4 cm³/mol. The number of piperidine rings is 1. The maximum absolute atomic E-state index is 12.8. The number of hydrogen-bond acceptors (Lipinski definition) is 5. The van der Waals surface area contributed by atoms with Crippen LogP contribution < -0.4 is 4.90 Å². The first-order chi connectivity index (χ1) is 11.7. The lowest BCUT2D eigenvalue weighted by molar-refractivity contribution is -0.137. The van der Waals surface area contributed by atoms with Gasteiger partial charge in [-0.05, 0) is 36.3 Å². The average molecular weight is 363 g/mol. The maximum atomic E-state index is 12.8. The third-order valence-electron chi connectivity index (χ3n) is 4.85. The molecular weight excluding hydrogens is 344 g/mol. The molecule has 1 saturated heterocycles. The molecule has 0 unspecified atom stereocenters. The van der Waals surface area contributed by atoms with Gasteiger partial charge in [-0.2, -0.15) is 0 Å². The smallest absolute Gasteiger partial charge is 0.226 e. The maximum Gasteiger partial charge on any atom is 0.226 e. The lowest BCUT2D eigenvalue weighted by Crippen LogP contribution is -2.44. The minimum absolute atomic E-state index is 0.119. The normalized spacial score (nSPS) is 18.5. The first kappa shape index (κ1) is 15.8. The third-order valence-corrected chi connectivity index (χ3v) is 6.07.